The van der Waals surface area contributed by atoms with Gasteiger partial charge in [0.25, 0.3) is 17.2 Å². The number of benzene rings is 2. The lowest BCUT2D eigenvalue weighted by atomic mass is 10.1. The van der Waals surface area contributed by atoms with E-state index < -0.39 is 22.1 Å². The molecule has 1 amide bonds. The summed E-state index contributed by atoms with van der Waals surface area (Å²) in [4.78, 5) is 50.5. The number of H-pyrrole nitrogens is 1. The third-order valence-electron chi connectivity index (χ3n) is 4.20. The Hall–Kier alpha value is -4.01. The predicted octanol–water partition coefficient (Wildman–Crippen LogP) is 2.30. The Balaban J connectivity index is 2.07. The van der Waals surface area contributed by atoms with E-state index in [2.05, 4.69) is 10.3 Å². The molecule has 1 heterocycles. The normalized spacial score (nSPS) is 10.5. The number of hydrogen-bond acceptors (Lipinski definition) is 5. The van der Waals surface area contributed by atoms with E-state index in [1.807, 2.05) is 6.92 Å². The quantitative estimate of drug-likeness (QED) is 0.530. The molecule has 0 aliphatic carbocycles. The van der Waals surface area contributed by atoms with E-state index >= 15 is 0 Å². The molecule has 0 fully saturated rings. The molecule has 0 aliphatic rings. The Kier molecular flexibility index (Phi) is 4.90. The zero-order chi connectivity index (χ0) is 20.4. The third kappa shape index (κ3) is 3.45. The number of carbonyl (C=O) groups is 1. The van der Waals surface area contributed by atoms with Crippen LogP contribution in [0.25, 0.3) is 5.69 Å². The number of amides is 1. The van der Waals surface area contributed by atoms with Crippen LogP contribution in [-0.4, -0.2) is 20.4 Å². The van der Waals surface area contributed by atoms with Crippen molar-refractivity contribution in [3.63, 3.8) is 0 Å². The highest BCUT2D eigenvalue weighted by atomic mass is 16.6. The van der Waals surface area contributed by atoms with Gasteiger partial charge in [0.05, 0.1) is 10.6 Å². The fourth-order valence-electron chi connectivity index (χ4n) is 2.71. The summed E-state index contributed by atoms with van der Waals surface area (Å²) in [6, 6.07) is 11.0. The van der Waals surface area contributed by atoms with Crippen LogP contribution in [0.5, 0.6) is 0 Å². The highest BCUT2D eigenvalue weighted by Gasteiger charge is 2.21. The number of rotatable bonds is 4. The fraction of sp³-hybridized carbons (Fsp3) is 0.105. The van der Waals surface area contributed by atoms with Crippen molar-refractivity contribution in [2.45, 2.75) is 13.8 Å². The molecule has 0 bridgehead atoms. The summed E-state index contributed by atoms with van der Waals surface area (Å²) in [5.74, 6) is -0.862. The molecule has 9 heteroatoms. The number of aromatic amines is 1. The molecule has 0 saturated carbocycles. The van der Waals surface area contributed by atoms with E-state index in [1.54, 1.807) is 37.3 Å². The van der Waals surface area contributed by atoms with Gasteiger partial charge in [-0.2, -0.15) is 0 Å². The second kappa shape index (κ2) is 7.31. The largest absolute Gasteiger partial charge is 0.333 e. The van der Waals surface area contributed by atoms with Gasteiger partial charge in [-0.1, -0.05) is 29.8 Å². The first kappa shape index (κ1) is 18.8. The number of para-hydroxylation sites is 1. The minimum Gasteiger partial charge on any atom is -0.316 e. The monoisotopic (exact) mass is 380 g/mol. The minimum atomic E-state index is -0.862. The smallest absolute Gasteiger partial charge is 0.316 e. The first-order valence-electron chi connectivity index (χ1n) is 8.26. The van der Waals surface area contributed by atoms with Gasteiger partial charge in [-0.15, -0.1) is 0 Å². The zero-order valence-electron chi connectivity index (χ0n) is 15.1. The third-order valence-corrected chi connectivity index (χ3v) is 4.20. The van der Waals surface area contributed by atoms with Crippen molar-refractivity contribution in [1.82, 2.24) is 9.55 Å². The maximum atomic E-state index is 12.8. The van der Waals surface area contributed by atoms with E-state index in [9.17, 15) is 24.5 Å². The van der Waals surface area contributed by atoms with Crippen LogP contribution < -0.4 is 16.6 Å². The van der Waals surface area contributed by atoms with E-state index in [4.69, 9.17) is 0 Å². The number of hydrogen-bond donors (Lipinski definition) is 2. The highest BCUT2D eigenvalue weighted by molar-refractivity contribution is 6.05. The van der Waals surface area contributed by atoms with Crippen molar-refractivity contribution >= 4 is 17.3 Å². The number of carbonyl (C=O) groups excluding carboxylic acids is 1. The van der Waals surface area contributed by atoms with Gasteiger partial charge >= 0.3 is 5.69 Å². The van der Waals surface area contributed by atoms with Crippen LogP contribution in [0.15, 0.2) is 58.3 Å². The van der Waals surface area contributed by atoms with Crippen molar-refractivity contribution in [2.24, 2.45) is 0 Å². The lowest BCUT2D eigenvalue weighted by Gasteiger charge is -2.10. The van der Waals surface area contributed by atoms with E-state index in [0.29, 0.717) is 11.3 Å². The van der Waals surface area contributed by atoms with E-state index in [1.165, 1.54) is 12.1 Å². The van der Waals surface area contributed by atoms with E-state index in [-0.39, 0.29) is 16.9 Å². The molecule has 2 N–H and O–H groups in total. The van der Waals surface area contributed by atoms with Crippen LogP contribution in [0.4, 0.5) is 11.4 Å². The van der Waals surface area contributed by atoms with Crippen molar-refractivity contribution in [3.05, 3.63) is 96.3 Å². The molecule has 142 valence electrons. The summed E-state index contributed by atoms with van der Waals surface area (Å²) >= 11 is 0. The fourth-order valence-corrected chi connectivity index (χ4v) is 2.71. The van der Waals surface area contributed by atoms with Crippen LogP contribution in [-0.2, 0) is 0 Å². The number of anilines is 1. The molecule has 0 spiro atoms. The molecule has 2 aromatic carbocycles. The van der Waals surface area contributed by atoms with Gasteiger partial charge in [0.2, 0.25) is 0 Å². The Morgan fingerprint density at radius 1 is 1.11 bits per heavy atom. The molecule has 9 nitrogen and oxygen atoms in total. The van der Waals surface area contributed by atoms with Crippen LogP contribution in [0.3, 0.4) is 0 Å². The molecule has 0 radical (unpaired) electrons. The van der Waals surface area contributed by atoms with Gasteiger partial charge in [-0.25, -0.2) is 9.36 Å². The van der Waals surface area contributed by atoms with Gasteiger partial charge in [0, 0.05) is 12.3 Å². The van der Waals surface area contributed by atoms with Gasteiger partial charge in [0.15, 0.2) is 0 Å². The van der Waals surface area contributed by atoms with Gasteiger partial charge < -0.3 is 10.3 Å². The van der Waals surface area contributed by atoms with Crippen LogP contribution >= 0.6 is 0 Å². The Morgan fingerprint density at radius 3 is 2.43 bits per heavy atom. The Labute approximate surface area is 158 Å². The predicted molar refractivity (Wildman–Crippen MR) is 103 cm³/mol. The minimum absolute atomic E-state index is 0.00927. The molecule has 0 saturated heterocycles. The highest BCUT2D eigenvalue weighted by Crippen LogP contribution is 2.27. The van der Waals surface area contributed by atoms with Gasteiger partial charge in [-0.3, -0.25) is 19.7 Å². The number of nitro benzene ring substituents is 1. The Morgan fingerprint density at radius 2 is 1.79 bits per heavy atom. The lowest BCUT2D eigenvalue weighted by molar-refractivity contribution is -0.384. The second-order valence-corrected chi connectivity index (χ2v) is 6.16. The summed E-state index contributed by atoms with van der Waals surface area (Å²) in [5.41, 5.74) is -0.485. The van der Waals surface area contributed by atoms with Crippen LogP contribution in [0, 0.1) is 24.0 Å². The van der Waals surface area contributed by atoms with Gasteiger partial charge in [-0.05, 0) is 31.5 Å². The van der Waals surface area contributed by atoms with E-state index in [0.717, 1.165) is 16.3 Å². The number of nitrogens with one attached hydrogen (secondary N) is 2. The molecular weight excluding hydrogens is 364 g/mol. The maximum Gasteiger partial charge on any atom is 0.333 e. The molecule has 0 atom stereocenters. The SMILES string of the molecule is Cc1ccc(-n2c(=O)[nH]cc(C(=O)Nc3c(C)cccc3[N+](=O)[O-])c2=O)cc1. The first-order valence-corrected chi connectivity index (χ1v) is 8.26. The average Bonchev–Trinajstić information content (AvgIpc) is 2.64. The molecule has 0 unspecified atom stereocenters. The maximum absolute atomic E-state index is 12.8. The molecule has 3 aromatic rings. The van der Waals surface area contributed by atoms with Crippen molar-refractivity contribution in [1.29, 1.82) is 0 Å². The molecule has 28 heavy (non-hydrogen) atoms. The van der Waals surface area contributed by atoms with Crippen molar-refractivity contribution in [2.75, 3.05) is 5.32 Å². The summed E-state index contributed by atoms with van der Waals surface area (Å²) < 4.78 is 0.834. The molecule has 0 aliphatic heterocycles. The standard InChI is InChI=1S/C19H16N4O5/c1-11-6-8-13(9-7-11)22-18(25)14(10-20-19(22)26)17(24)21-16-12(2)4-3-5-15(16)23(27)28/h3-10H,1-2H3,(H,20,26)(H,21,24). The number of aryl methyl sites for hydroxylation is 2. The topological polar surface area (TPSA) is 127 Å². The summed E-state index contributed by atoms with van der Waals surface area (Å²) in [5, 5.41) is 13.6. The van der Waals surface area contributed by atoms with Gasteiger partial charge in [0.1, 0.15) is 11.3 Å². The zero-order valence-corrected chi connectivity index (χ0v) is 15.1. The number of nitrogens with zero attached hydrogens (tertiary/aromatic N) is 2. The number of nitro groups is 1. The summed E-state index contributed by atoms with van der Waals surface area (Å²) in [7, 11) is 0. The molecule has 3 rings (SSSR count). The van der Waals surface area contributed by atoms with Crippen molar-refractivity contribution in [3.8, 4) is 5.69 Å². The second-order valence-electron chi connectivity index (χ2n) is 6.16. The van der Waals surface area contributed by atoms with Crippen molar-refractivity contribution < 1.29 is 9.72 Å². The number of aromatic nitrogens is 2. The summed E-state index contributed by atoms with van der Waals surface area (Å²) in [6.45, 7) is 3.45. The summed E-state index contributed by atoms with van der Waals surface area (Å²) in [6.07, 6.45) is 0.995. The lowest BCUT2D eigenvalue weighted by Crippen LogP contribution is -2.38. The van der Waals surface area contributed by atoms with Crippen LogP contribution in [0.1, 0.15) is 21.5 Å². The molecule has 1 aromatic heterocycles. The first-order chi connectivity index (χ1) is 13.3. The average molecular weight is 380 g/mol. The molecular formula is C19H16N4O5. The van der Waals surface area contributed by atoms with Crippen LogP contribution in [0.2, 0.25) is 0 Å². The Bertz CT molecular complexity index is 1190.